The van der Waals surface area contributed by atoms with Crippen molar-refractivity contribution in [2.75, 3.05) is 6.07 Å². The van der Waals surface area contributed by atoms with Crippen LogP contribution in [0, 0.1) is 5.92 Å². The number of carbonyl (C=O) groups is 2. The second-order valence-corrected chi connectivity index (χ2v) is 5.52. The van der Waals surface area contributed by atoms with Crippen LogP contribution in [0.5, 0.6) is 0 Å². The maximum Gasteiger partial charge on any atom is 0.408 e. The molecule has 1 fully saturated rings. The zero-order valence-electron chi connectivity index (χ0n) is 12.3. The van der Waals surface area contributed by atoms with Gasteiger partial charge in [0.25, 0.3) is 0 Å². The molecule has 1 aromatic rings. The Labute approximate surface area is 134 Å². The summed E-state index contributed by atoms with van der Waals surface area (Å²) in [6.45, 7) is 0.161. The van der Waals surface area contributed by atoms with Gasteiger partial charge < -0.3 is 14.8 Å². The van der Waals surface area contributed by atoms with Crippen LogP contribution in [0.25, 0.3) is 0 Å². The van der Waals surface area contributed by atoms with E-state index < -0.39 is 18.1 Å². The fourth-order valence-electron chi connectivity index (χ4n) is 2.70. The highest BCUT2D eigenvalue weighted by Crippen LogP contribution is 2.28. The summed E-state index contributed by atoms with van der Waals surface area (Å²) in [5.41, 5.74) is 0.887. The monoisotopic (exact) mass is 325 g/mol. The number of hydrogen-bond donors (Lipinski definition) is 1. The molecule has 2 rings (SSSR count). The first-order valence-corrected chi connectivity index (χ1v) is 7.94. The minimum Gasteiger partial charge on any atom is -0.448 e. The zero-order chi connectivity index (χ0) is 15.8. The molecule has 1 N–H and O–H groups in total. The van der Waals surface area contributed by atoms with Crippen LogP contribution < -0.4 is 5.32 Å². The third-order valence-corrected chi connectivity index (χ3v) is 3.92. The van der Waals surface area contributed by atoms with Gasteiger partial charge in [0, 0.05) is 0 Å². The Morgan fingerprint density at radius 1 is 1.18 bits per heavy atom. The van der Waals surface area contributed by atoms with Gasteiger partial charge in [0.2, 0.25) is 0 Å². The first-order chi connectivity index (χ1) is 10.7. The molecule has 0 aliphatic heterocycles. The lowest BCUT2D eigenvalue weighted by atomic mass is 9.98. The van der Waals surface area contributed by atoms with Crippen molar-refractivity contribution in [2.45, 2.75) is 38.3 Å². The Balaban J connectivity index is 1.88. The zero-order valence-corrected chi connectivity index (χ0v) is 13.1. The van der Waals surface area contributed by atoms with Crippen LogP contribution in [0.3, 0.4) is 0 Å². The van der Waals surface area contributed by atoms with E-state index in [4.69, 9.17) is 21.1 Å². The lowest BCUT2D eigenvalue weighted by molar-refractivity contribution is -0.145. The van der Waals surface area contributed by atoms with Gasteiger partial charge >= 0.3 is 12.1 Å². The Kier molecular flexibility index (Phi) is 6.52. The van der Waals surface area contributed by atoms with E-state index >= 15 is 0 Å². The van der Waals surface area contributed by atoms with E-state index in [1.54, 1.807) is 0 Å². The molecule has 0 bridgehead atoms. The number of alkyl halides is 1. The fraction of sp³-hybridized carbons (Fsp3) is 0.500. The lowest BCUT2D eigenvalue weighted by Crippen LogP contribution is -2.46. The molecule has 5 nitrogen and oxygen atoms in total. The van der Waals surface area contributed by atoms with Crippen LogP contribution >= 0.6 is 11.6 Å². The molecule has 1 aliphatic rings. The SMILES string of the molecule is O=C(N[C@H](C(=O)OCCl)C1CCCC1)OCc1ccccc1. The van der Waals surface area contributed by atoms with Gasteiger partial charge in [-0.15, -0.1) is 0 Å². The van der Waals surface area contributed by atoms with E-state index in [2.05, 4.69) is 5.32 Å². The van der Waals surface area contributed by atoms with Crippen LogP contribution in [-0.4, -0.2) is 24.2 Å². The fourth-order valence-corrected chi connectivity index (χ4v) is 2.80. The van der Waals surface area contributed by atoms with Crippen LogP contribution in [-0.2, 0) is 20.9 Å². The average Bonchev–Trinajstić information content (AvgIpc) is 3.06. The standard InChI is InChI=1S/C16H20ClNO4/c17-11-22-15(19)14(13-8-4-5-9-13)18-16(20)21-10-12-6-2-1-3-7-12/h1-3,6-7,13-14H,4-5,8-11H2,(H,18,20)/t14-/m0/s1. The van der Waals surface area contributed by atoms with Gasteiger partial charge in [0.1, 0.15) is 12.6 Å². The first-order valence-electron chi connectivity index (χ1n) is 7.40. The molecule has 0 heterocycles. The second-order valence-electron chi connectivity index (χ2n) is 5.30. The first kappa shape index (κ1) is 16.6. The van der Waals surface area contributed by atoms with Crippen LogP contribution in [0.4, 0.5) is 4.79 Å². The molecule has 1 aliphatic carbocycles. The van der Waals surface area contributed by atoms with Gasteiger partial charge in [-0.25, -0.2) is 9.59 Å². The number of nitrogens with one attached hydrogen (secondary N) is 1. The predicted octanol–water partition coefficient (Wildman–Crippen LogP) is 3.21. The van der Waals surface area contributed by atoms with Gasteiger partial charge in [-0.05, 0) is 24.3 Å². The Morgan fingerprint density at radius 2 is 1.86 bits per heavy atom. The van der Waals surface area contributed by atoms with Gasteiger partial charge in [-0.2, -0.15) is 0 Å². The molecular weight excluding hydrogens is 306 g/mol. The molecule has 0 spiro atoms. The molecule has 6 heteroatoms. The van der Waals surface area contributed by atoms with E-state index in [0.29, 0.717) is 0 Å². The van der Waals surface area contributed by atoms with Crippen molar-refractivity contribution in [3.05, 3.63) is 35.9 Å². The van der Waals surface area contributed by atoms with Gasteiger partial charge in [-0.3, -0.25) is 0 Å². The molecule has 22 heavy (non-hydrogen) atoms. The van der Waals surface area contributed by atoms with Gasteiger partial charge in [0.05, 0.1) is 0 Å². The van der Waals surface area contributed by atoms with Crippen molar-refractivity contribution in [1.82, 2.24) is 5.32 Å². The van der Waals surface area contributed by atoms with Gasteiger partial charge in [0.15, 0.2) is 6.07 Å². The van der Waals surface area contributed by atoms with Crippen molar-refractivity contribution in [2.24, 2.45) is 5.92 Å². The smallest absolute Gasteiger partial charge is 0.408 e. The molecule has 1 aromatic carbocycles. The largest absolute Gasteiger partial charge is 0.448 e. The Hall–Kier alpha value is -1.75. The van der Waals surface area contributed by atoms with Crippen molar-refractivity contribution in [3.8, 4) is 0 Å². The summed E-state index contributed by atoms with van der Waals surface area (Å²) in [5.74, 6) is -0.418. The highest BCUT2D eigenvalue weighted by molar-refractivity contribution is 6.17. The van der Waals surface area contributed by atoms with E-state index in [-0.39, 0.29) is 18.6 Å². The Bertz CT molecular complexity index is 488. The third-order valence-electron chi connectivity index (χ3n) is 3.81. The van der Waals surface area contributed by atoms with E-state index in [9.17, 15) is 9.59 Å². The Morgan fingerprint density at radius 3 is 2.50 bits per heavy atom. The number of esters is 1. The van der Waals surface area contributed by atoms with Crippen molar-refractivity contribution >= 4 is 23.7 Å². The maximum atomic E-state index is 12.0. The van der Waals surface area contributed by atoms with Crippen molar-refractivity contribution < 1.29 is 19.1 Å². The topological polar surface area (TPSA) is 64.6 Å². The number of alkyl carbamates (subject to hydrolysis) is 1. The molecule has 0 radical (unpaired) electrons. The number of benzene rings is 1. The van der Waals surface area contributed by atoms with Crippen molar-refractivity contribution in [1.29, 1.82) is 0 Å². The molecule has 120 valence electrons. The number of hydrogen-bond acceptors (Lipinski definition) is 4. The molecule has 0 aromatic heterocycles. The van der Waals surface area contributed by atoms with E-state index in [0.717, 1.165) is 31.2 Å². The summed E-state index contributed by atoms with van der Waals surface area (Å²) in [7, 11) is 0. The number of carbonyl (C=O) groups excluding carboxylic acids is 2. The summed E-state index contributed by atoms with van der Waals surface area (Å²) < 4.78 is 9.99. The molecular formula is C16H20ClNO4. The summed E-state index contributed by atoms with van der Waals surface area (Å²) in [6, 6.07) is 8.45. The normalized spacial score (nSPS) is 16.0. The number of rotatable bonds is 6. The minimum atomic E-state index is -0.690. The lowest BCUT2D eigenvalue weighted by Gasteiger charge is -2.22. The summed E-state index contributed by atoms with van der Waals surface area (Å²) in [5, 5.41) is 2.62. The highest BCUT2D eigenvalue weighted by atomic mass is 35.5. The third kappa shape index (κ3) is 4.91. The van der Waals surface area contributed by atoms with Crippen molar-refractivity contribution in [3.63, 3.8) is 0 Å². The number of amides is 1. The average molecular weight is 326 g/mol. The molecule has 1 saturated carbocycles. The predicted molar refractivity (Wildman–Crippen MR) is 82.3 cm³/mol. The van der Waals surface area contributed by atoms with E-state index in [1.807, 2.05) is 30.3 Å². The second kappa shape index (κ2) is 8.63. The molecule has 1 amide bonds. The molecule has 0 unspecified atom stereocenters. The summed E-state index contributed by atoms with van der Waals surface area (Å²) >= 11 is 5.44. The molecule has 1 atom stereocenters. The van der Waals surface area contributed by atoms with Gasteiger partial charge in [-0.1, -0.05) is 54.8 Å². The highest BCUT2D eigenvalue weighted by Gasteiger charge is 2.33. The molecule has 0 saturated heterocycles. The van der Waals surface area contributed by atoms with Crippen LogP contribution in [0.2, 0.25) is 0 Å². The number of halogens is 1. The van der Waals surface area contributed by atoms with Crippen LogP contribution in [0.15, 0.2) is 30.3 Å². The minimum absolute atomic E-state index is 0.0833. The summed E-state index contributed by atoms with van der Waals surface area (Å²) in [6.07, 6.45) is 3.26. The quantitative estimate of drug-likeness (QED) is 0.644. The number of ether oxygens (including phenoxy) is 2. The maximum absolute atomic E-state index is 12.0. The van der Waals surface area contributed by atoms with Crippen LogP contribution in [0.1, 0.15) is 31.2 Å². The summed E-state index contributed by atoms with van der Waals surface area (Å²) in [4.78, 5) is 23.9. The van der Waals surface area contributed by atoms with E-state index in [1.165, 1.54) is 0 Å².